The molecular weight excluding hydrogens is 270 g/mol. The number of benzene rings is 1. The predicted octanol–water partition coefficient (Wildman–Crippen LogP) is 2.53. The molecule has 4 heteroatoms. The van der Waals surface area contributed by atoms with Crippen molar-refractivity contribution in [3.63, 3.8) is 0 Å². The topological polar surface area (TPSA) is 46.2 Å². The van der Waals surface area contributed by atoms with Crippen molar-refractivity contribution in [3.05, 3.63) is 46.4 Å². The van der Waals surface area contributed by atoms with Crippen molar-refractivity contribution in [2.45, 2.75) is 44.7 Å². The second kappa shape index (κ2) is 5.34. The van der Waals surface area contributed by atoms with E-state index in [4.69, 9.17) is 0 Å². The normalized spacial score (nSPS) is 25.4. The van der Waals surface area contributed by atoms with Gasteiger partial charge < -0.3 is 5.32 Å². The summed E-state index contributed by atoms with van der Waals surface area (Å²) >= 11 is 0. The molecular formula is C16H21NO2S. The molecule has 108 valence electrons. The summed E-state index contributed by atoms with van der Waals surface area (Å²) in [5, 5.41) is 4.72. The van der Waals surface area contributed by atoms with Crippen LogP contribution in [0, 0.1) is 0 Å². The van der Waals surface area contributed by atoms with E-state index in [2.05, 4.69) is 30.4 Å². The molecule has 1 heterocycles. The van der Waals surface area contributed by atoms with E-state index in [1.165, 1.54) is 47.8 Å². The van der Waals surface area contributed by atoms with Crippen LogP contribution in [0.4, 0.5) is 0 Å². The molecule has 0 bridgehead atoms. The van der Waals surface area contributed by atoms with E-state index in [0.717, 1.165) is 0 Å². The monoisotopic (exact) mass is 291 g/mol. The molecule has 1 aromatic carbocycles. The van der Waals surface area contributed by atoms with Crippen LogP contribution in [0.5, 0.6) is 0 Å². The first-order valence-corrected chi connectivity index (χ1v) is 9.04. The van der Waals surface area contributed by atoms with Crippen molar-refractivity contribution in [1.29, 1.82) is 0 Å². The van der Waals surface area contributed by atoms with Gasteiger partial charge in [-0.3, -0.25) is 0 Å². The zero-order valence-corrected chi connectivity index (χ0v) is 12.6. The molecule has 0 saturated heterocycles. The zero-order valence-electron chi connectivity index (χ0n) is 11.8. The Kier molecular flexibility index (Phi) is 3.69. The molecule has 0 amide bonds. The highest BCUT2D eigenvalue weighted by Crippen LogP contribution is 2.25. The lowest BCUT2D eigenvalue weighted by Crippen LogP contribution is -2.32. The number of hydrogen-bond donors (Lipinski definition) is 1. The van der Waals surface area contributed by atoms with E-state index in [1.807, 2.05) is 0 Å². The molecule has 0 aromatic heterocycles. The van der Waals surface area contributed by atoms with Crippen LogP contribution in [0.25, 0.3) is 0 Å². The van der Waals surface area contributed by atoms with Crippen molar-refractivity contribution in [3.8, 4) is 0 Å². The standard InChI is InChI=1S/C16H21NO2S/c1-12(17-16-8-9-20(18,19)11-16)14-7-6-13-4-2-3-5-15(13)10-14/h6-10,12,16-17H,2-5,11H2,1H3. The number of hydrogen-bond acceptors (Lipinski definition) is 3. The van der Waals surface area contributed by atoms with E-state index in [9.17, 15) is 8.42 Å². The van der Waals surface area contributed by atoms with Crippen molar-refractivity contribution in [2.75, 3.05) is 5.75 Å². The number of fused-ring (bicyclic) bond motifs is 1. The van der Waals surface area contributed by atoms with Gasteiger partial charge in [-0.05, 0) is 49.3 Å². The SMILES string of the molecule is CC(NC1C=CS(=O)(=O)C1)c1ccc2c(c1)CCCC2. The zero-order chi connectivity index (χ0) is 14.2. The largest absolute Gasteiger partial charge is 0.303 e. The maximum atomic E-state index is 11.4. The minimum atomic E-state index is -2.98. The van der Waals surface area contributed by atoms with Gasteiger partial charge in [0, 0.05) is 17.5 Å². The second-order valence-corrected chi connectivity index (χ2v) is 7.82. The number of aryl methyl sites for hydroxylation is 2. The number of nitrogens with one attached hydrogen (secondary N) is 1. The maximum Gasteiger partial charge on any atom is 0.173 e. The van der Waals surface area contributed by atoms with Crippen molar-refractivity contribution in [1.82, 2.24) is 5.32 Å². The van der Waals surface area contributed by atoms with Gasteiger partial charge >= 0.3 is 0 Å². The van der Waals surface area contributed by atoms with Crippen LogP contribution in [0.15, 0.2) is 29.7 Å². The summed E-state index contributed by atoms with van der Waals surface area (Å²) in [6, 6.07) is 6.81. The highest BCUT2D eigenvalue weighted by atomic mass is 32.2. The van der Waals surface area contributed by atoms with E-state index in [0.29, 0.717) is 0 Å². The van der Waals surface area contributed by atoms with E-state index in [-0.39, 0.29) is 17.8 Å². The lowest BCUT2D eigenvalue weighted by Gasteiger charge is -2.21. The Morgan fingerprint density at radius 3 is 2.65 bits per heavy atom. The molecule has 3 nitrogen and oxygen atoms in total. The van der Waals surface area contributed by atoms with Crippen LogP contribution in [-0.4, -0.2) is 20.2 Å². The van der Waals surface area contributed by atoms with Gasteiger partial charge in [0.15, 0.2) is 9.84 Å². The average molecular weight is 291 g/mol. The van der Waals surface area contributed by atoms with Gasteiger partial charge in [-0.15, -0.1) is 0 Å². The van der Waals surface area contributed by atoms with Gasteiger partial charge in [0.1, 0.15) is 0 Å². The van der Waals surface area contributed by atoms with Crippen LogP contribution in [-0.2, 0) is 22.7 Å². The lowest BCUT2D eigenvalue weighted by molar-refractivity contribution is 0.534. The third-order valence-corrected chi connectivity index (χ3v) is 5.66. The Morgan fingerprint density at radius 2 is 1.95 bits per heavy atom. The Bertz CT molecular complexity index is 634. The molecule has 3 rings (SSSR count). The van der Waals surface area contributed by atoms with Gasteiger partial charge in [-0.25, -0.2) is 8.42 Å². The van der Waals surface area contributed by atoms with Crippen LogP contribution in [0.2, 0.25) is 0 Å². The first-order valence-electron chi connectivity index (χ1n) is 7.32. The minimum absolute atomic E-state index is 0.0639. The van der Waals surface area contributed by atoms with Crippen LogP contribution in [0.1, 0.15) is 42.5 Å². The summed E-state index contributed by atoms with van der Waals surface area (Å²) in [6.07, 6.45) is 6.70. The Labute approximate surface area is 121 Å². The van der Waals surface area contributed by atoms with Crippen LogP contribution in [0.3, 0.4) is 0 Å². The Balaban J connectivity index is 1.71. The molecule has 2 aliphatic rings. The quantitative estimate of drug-likeness (QED) is 0.931. The summed E-state index contributed by atoms with van der Waals surface area (Å²) in [6.45, 7) is 2.10. The fraction of sp³-hybridized carbons (Fsp3) is 0.500. The fourth-order valence-electron chi connectivity index (χ4n) is 3.12. The van der Waals surface area contributed by atoms with Gasteiger partial charge in [0.2, 0.25) is 0 Å². The van der Waals surface area contributed by atoms with E-state index >= 15 is 0 Å². The molecule has 1 aliphatic heterocycles. The lowest BCUT2D eigenvalue weighted by atomic mass is 9.89. The van der Waals surface area contributed by atoms with E-state index < -0.39 is 9.84 Å². The average Bonchev–Trinajstić information content (AvgIpc) is 2.77. The molecule has 1 N–H and O–H groups in total. The van der Waals surface area contributed by atoms with Crippen LogP contribution < -0.4 is 5.32 Å². The summed E-state index contributed by atoms with van der Waals surface area (Å²) < 4.78 is 22.8. The van der Waals surface area contributed by atoms with Gasteiger partial charge in [0.25, 0.3) is 0 Å². The minimum Gasteiger partial charge on any atom is -0.303 e. The summed E-state index contributed by atoms with van der Waals surface area (Å²) in [4.78, 5) is 0. The number of rotatable bonds is 3. The molecule has 0 spiro atoms. The first-order chi connectivity index (χ1) is 9.53. The first kappa shape index (κ1) is 13.8. The van der Waals surface area contributed by atoms with Gasteiger partial charge in [-0.1, -0.05) is 24.3 Å². The highest BCUT2D eigenvalue weighted by Gasteiger charge is 2.23. The Hall–Kier alpha value is -1.13. The molecule has 2 unspecified atom stereocenters. The van der Waals surface area contributed by atoms with Crippen LogP contribution >= 0.6 is 0 Å². The smallest absolute Gasteiger partial charge is 0.173 e. The molecule has 1 aromatic rings. The van der Waals surface area contributed by atoms with Crippen molar-refractivity contribution < 1.29 is 8.42 Å². The second-order valence-electron chi connectivity index (χ2n) is 5.89. The molecule has 0 radical (unpaired) electrons. The van der Waals surface area contributed by atoms with Gasteiger partial charge in [-0.2, -0.15) is 0 Å². The molecule has 20 heavy (non-hydrogen) atoms. The predicted molar refractivity (Wildman–Crippen MR) is 81.3 cm³/mol. The summed E-state index contributed by atoms with van der Waals surface area (Å²) in [7, 11) is -2.98. The van der Waals surface area contributed by atoms with Crippen molar-refractivity contribution >= 4 is 9.84 Å². The number of sulfone groups is 1. The molecule has 0 fully saturated rings. The third-order valence-electron chi connectivity index (χ3n) is 4.27. The third kappa shape index (κ3) is 2.96. The highest BCUT2D eigenvalue weighted by molar-refractivity contribution is 7.94. The summed E-state index contributed by atoms with van der Waals surface area (Å²) in [5.41, 5.74) is 4.20. The molecule has 0 saturated carbocycles. The molecule has 1 aliphatic carbocycles. The van der Waals surface area contributed by atoms with Crippen molar-refractivity contribution in [2.24, 2.45) is 0 Å². The molecule has 2 atom stereocenters. The fourth-order valence-corrected chi connectivity index (χ4v) is 4.37. The summed E-state index contributed by atoms with van der Waals surface area (Å²) in [5.74, 6) is 0.183. The van der Waals surface area contributed by atoms with E-state index in [1.54, 1.807) is 6.08 Å². The van der Waals surface area contributed by atoms with Gasteiger partial charge in [0.05, 0.1) is 5.75 Å². The maximum absolute atomic E-state index is 11.4. The Morgan fingerprint density at radius 1 is 1.20 bits per heavy atom.